The van der Waals surface area contributed by atoms with Gasteiger partial charge in [-0.05, 0) is 46.5 Å². The van der Waals surface area contributed by atoms with E-state index in [1.807, 2.05) is 30.3 Å². The second-order valence-corrected chi connectivity index (χ2v) is 7.87. The molecule has 1 heterocycles. The Hall–Kier alpha value is -2.25. The maximum Gasteiger partial charge on any atom is 0.347 e. The van der Waals surface area contributed by atoms with E-state index in [0.29, 0.717) is 10.8 Å². The number of hydrogen-bond acceptors (Lipinski definition) is 5. The van der Waals surface area contributed by atoms with Crippen LogP contribution in [0.5, 0.6) is 0 Å². The van der Waals surface area contributed by atoms with Gasteiger partial charge in [-0.2, -0.15) is 0 Å². The molecule has 1 amide bonds. The molecule has 154 valence electrons. The van der Waals surface area contributed by atoms with Crippen molar-refractivity contribution in [3.05, 3.63) is 46.5 Å². The zero-order chi connectivity index (χ0) is 21.1. The molecule has 1 aromatic heterocycles. The Morgan fingerprint density at radius 2 is 1.86 bits per heavy atom. The molecule has 7 heteroatoms. The molecule has 2 aromatic rings. The first kappa shape index (κ1) is 23.8. The summed E-state index contributed by atoms with van der Waals surface area (Å²) in [5.41, 5.74) is 1.31. The lowest BCUT2D eigenvalue weighted by Gasteiger charge is -2.10. The molecule has 1 atom stereocenters. The van der Waals surface area contributed by atoms with Crippen LogP contribution in [0.1, 0.15) is 60.0 Å². The minimum absolute atomic E-state index is 0.146. The molecule has 0 bridgehead atoms. The van der Waals surface area contributed by atoms with Crippen LogP contribution >= 0.6 is 11.3 Å². The Labute approximate surface area is 171 Å². The van der Waals surface area contributed by atoms with E-state index < -0.39 is 5.97 Å². The number of carboxylic acids is 1. The standard InChI is InChI=1S/C14H14N2O3S.C7H17N/c1-8(10-6-4-3-5-7-10)12(17)16-14-15-9(2)11(20-14)13(18)19;1-4-5-6-7-8(2)3/h3-8H,1-2H3,(H,18,19)(H,15,16,17);4-7H2,1-3H3. The smallest absolute Gasteiger partial charge is 0.347 e. The highest BCUT2D eigenvalue weighted by Gasteiger charge is 2.19. The Bertz CT molecular complexity index is 745. The van der Waals surface area contributed by atoms with Gasteiger partial charge in [0, 0.05) is 0 Å². The second kappa shape index (κ2) is 12.3. The molecular weight excluding hydrogens is 374 g/mol. The van der Waals surface area contributed by atoms with Gasteiger partial charge in [-0.3, -0.25) is 4.79 Å². The van der Waals surface area contributed by atoms with Crippen LogP contribution in [0.4, 0.5) is 5.13 Å². The lowest BCUT2D eigenvalue weighted by Crippen LogP contribution is -2.18. The number of amides is 1. The average molecular weight is 406 g/mol. The predicted octanol–water partition coefficient (Wildman–Crippen LogP) is 4.63. The van der Waals surface area contributed by atoms with E-state index in [9.17, 15) is 9.59 Å². The van der Waals surface area contributed by atoms with Crippen molar-refractivity contribution in [2.45, 2.75) is 46.0 Å². The van der Waals surface area contributed by atoms with Gasteiger partial charge < -0.3 is 15.3 Å². The van der Waals surface area contributed by atoms with Crippen molar-refractivity contribution >= 4 is 28.3 Å². The number of nitrogens with zero attached hydrogens (tertiary/aromatic N) is 2. The van der Waals surface area contributed by atoms with Crippen LogP contribution < -0.4 is 5.32 Å². The highest BCUT2D eigenvalue weighted by atomic mass is 32.1. The fourth-order valence-electron chi connectivity index (χ4n) is 2.43. The molecule has 6 nitrogen and oxygen atoms in total. The zero-order valence-electron chi connectivity index (χ0n) is 17.4. The number of unbranched alkanes of at least 4 members (excludes halogenated alkanes) is 2. The molecule has 2 rings (SSSR count). The Morgan fingerprint density at radius 3 is 2.36 bits per heavy atom. The summed E-state index contributed by atoms with van der Waals surface area (Å²) in [5, 5.41) is 11.9. The first-order chi connectivity index (χ1) is 13.3. The predicted molar refractivity (Wildman–Crippen MR) is 115 cm³/mol. The van der Waals surface area contributed by atoms with E-state index in [-0.39, 0.29) is 16.7 Å². The highest BCUT2D eigenvalue weighted by Crippen LogP contribution is 2.24. The van der Waals surface area contributed by atoms with Crippen molar-refractivity contribution < 1.29 is 14.7 Å². The van der Waals surface area contributed by atoms with E-state index >= 15 is 0 Å². The van der Waals surface area contributed by atoms with Crippen LogP contribution in [0.2, 0.25) is 0 Å². The van der Waals surface area contributed by atoms with Gasteiger partial charge in [-0.25, -0.2) is 9.78 Å². The summed E-state index contributed by atoms with van der Waals surface area (Å²) in [7, 11) is 4.24. The Kier molecular flexibility index (Phi) is 10.4. The molecule has 0 aliphatic rings. The second-order valence-electron chi connectivity index (χ2n) is 6.87. The Morgan fingerprint density at radius 1 is 1.21 bits per heavy atom. The Balaban J connectivity index is 0.000000416. The van der Waals surface area contributed by atoms with Gasteiger partial charge in [0.1, 0.15) is 4.88 Å². The quantitative estimate of drug-likeness (QED) is 0.626. The van der Waals surface area contributed by atoms with Gasteiger partial charge in [-0.1, -0.05) is 61.4 Å². The van der Waals surface area contributed by atoms with Crippen LogP contribution in [0.15, 0.2) is 30.3 Å². The van der Waals surface area contributed by atoms with E-state index in [4.69, 9.17) is 5.11 Å². The van der Waals surface area contributed by atoms with Gasteiger partial charge in [0.25, 0.3) is 0 Å². The number of hydrogen-bond donors (Lipinski definition) is 2. The van der Waals surface area contributed by atoms with E-state index in [0.717, 1.165) is 16.9 Å². The van der Waals surface area contributed by atoms with Crippen molar-refractivity contribution in [1.29, 1.82) is 0 Å². The number of carboxylic acid groups (broad SMARTS) is 1. The van der Waals surface area contributed by atoms with E-state index in [2.05, 4.69) is 36.2 Å². The molecule has 2 N–H and O–H groups in total. The summed E-state index contributed by atoms with van der Waals surface area (Å²) in [6, 6.07) is 9.38. The lowest BCUT2D eigenvalue weighted by atomic mass is 10.0. The van der Waals surface area contributed by atoms with Crippen molar-refractivity contribution in [2.24, 2.45) is 0 Å². The average Bonchev–Trinajstić information content (AvgIpc) is 3.02. The molecule has 0 radical (unpaired) electrons. The topological polar surface area (TPSA) is 82.5 Å². The first-order valence-electron chi connectivity index (χ1n) is 9.47. The van der Waals surface area contributed by atoms with Crippen molar-refractivity contribution in [3.63, 3.8) is 0 Å². The van der Waals surface area contributed by atoms with Crippen LogP contribution in [0, 0.1) is 6.92 Å². The van der Waals surface area contributed by atoms with Gasteiger partial charge in [0.05, 0.1) is 11.6 Å². The van der Waals surface area contributed by atoms with Crippen molar-refractivity contribution in [1.82, 2.24) is 9.88 Å². The summed E-state index contributed by atoms with van der Waals surface area (Å²) in [4.78, 5) is 29.5. The number of carbonyl (C=O) groups excluding carboxylic acids is 1. The number of aryl methyl sites for hydroxylation is 1. The SMILES string of the molecule is CCCCCN(C)C.Cc1nc(NC(=O)C(C)c2ccccc2)sc1C(=O)O. The maximum absolute atomic E-state index is 12.1. The number of aromatic carboxylic acids is 1. The third kappa shape index (κ3) is 8.19. The molecule has 0 aliphatic heterocycles. The number of nitrogens with one attached hydrogen (secondary N) is 1. The number of carbonyl (C=O) groups is 2. The van der Waals surface area contributed by atoms with Crippen molar-refractivity contribution in [2.75, 3.05) is 26.0 Å². The fourth-order valence-corrected chi connectivity index (χ4v) is 3.24. The molecule has 0 fully saturated rings. The zero-order valence-corrected chi connectivity index (χ0v) is 18.2. The largest absolute Gasteiger partial charge is 0.477 e. The minimum atomic E-state index is -1.03. The highest BCUT2D eigenvalue weighted by molar-refractivity contribution is 7.17. The number of rotatable bonds is 8. The maximum atomic E-state index is 12.1. The number of benzene rings is 1. The molecule has 28 heavy (non-hydrogen) atoms. The molecule has 1 aromatic carbocycles. The summed E-state index contributed by atoms with van der Waals surface area (Å²) in [5.74, 6) is -1.56. The molecule has 1 unspecified atom stereocenters. The fraction of sp³-hybridized carbons (Fsp3) is 0.476. The third-order valence-electron chi connectivity index (χ3n) is 4.12. The summed E-state index contributed by atoms with van der Waals surface area (Å²) >= 11 is 0.966. The number of aromatic nitrogens is 1. The third-order valence-corrected chi connectivity index (χ3v) is 5.18. The van der Waals surface area contributed by atoms with E-state index in [1.54, 1.807) is 13.8 Å². The van der Waals surface area contributed by atoms with E-state index in [1.165, 1.54) is 25.8 Å². The van der Waals surface area contributed by atoms with Crippen molar-refractivity contribution in [3.8, 4) is 0 Å². The van der Waals surface area contributed by atoms with Crippen LogP contribution in [-0.4, -0.2) is 47.5 Å². The number of thiazole rings is 1. The molecule has 0 saturated heterocycles. The molecule has 0 saturated carbocycles. The van der Waals surface area contributed by atoms with Gasteiger partial charge in [0.15, 0.2) is 5.13 Å². The minimum Gasteiger partial charge on any atom is -0.477 e. The number of anilines is 1. The monoisotopic (exact) mass is 405 g/mol. The van der Waals surface area contributed by atoms with Crippen LogP contribution in [-0.2, 0) is 4.79 Å². The van der Waals surface area contributed by atoms with Crippen LogP contribution in [0.25, 0.3) is 0 Å². The molecule has 0 aliphatic carbocycles. The van der Waals surface area contributed by atoms with Gasteiger partial charge >= 0.3 is 5.97 Å². The van der Waals surface area contributed by atoms with Gasteiger partial charge in [0.2, 0.25) is 5.91 Å². The van der Waals surface area contributed by atoms with Gasteiger partial charge in [-0.15, -0.1) is 0 Å². The molecule has 0 spiro atoms. The van der Waals surface area contributed by atoms with Crippen LogP contribution in [0.3, 0.4) is 0 Å². The summed E-state index contributed by atoms with van der Waals surface area (Å²) < 4.78 is 0. The lowest BCUT2D eigenvalue weighted by molar-refractivity contribution is -0.117. The molecular formula is C21H31N3O3S. The summed E-state index contributed by atoms with van der Waals surface area (Å²) in [6.45, 7) is 6.88. The normalized spacial score (nSPS) is 11.5. The first-order valence-corrected chi connectivity index (χ1v) is 10.3. The summed E-state index contributed by atoms with van der Waals surface area (Å²) in [6.07, 6.45) is 4.05.